The molecule has 0 atom stereocenters. The number of anilines is 2. The SMILES string of the molecule is CC.Nc1c(O)ccc(C(=O)O)c1N. The molecule has 14 heavy (non-hydrogen) atoms. The van der Waals surface area contributed by atoms with Gasteiger partial charge in [0, 0.05) is 0 Å². The van der Waals surface area contributed by atoms with Gasteiger partial charge in [-0.3, -0.25) is 0 Å². The number of nitrogen functional groups attached to an aromatic ring is 2. The van der Waals surface area contributed by atoms with Crippen molar-refractivity contribution in [3.05, 3.63) is 17.7 Å². The summed E-state index contributed by atoms with van der Waals surface area (Å²) in [6.45, 7) is 4.00. The predicted octanol–water partition coefficient (Wildman–Crippen LogP) is 1.28. The number of aromatic hydroxyl groups is 1. The summed E-state index contributed by atoms with van der Waals surface area (Å²) in [4.78, 5) is 10.5. The Morgan fingerprint density at radius 2 is 1.71 bits per heavy atom. The first-order valence-electron chi connectivity index (χ1n) is 4.14. The van der Waals surface area contributed by atoms with Gasteiger partial charge in [-0.1, -0.05) is 13.8 Å². The van der Waals surface area contributed by atoms with E-state index in [0.29, 0.717) is 0 Å². The molecular weight excluding hydrogens is 184 g/mol. The zero-order chi connectivity index (χ0) is 11.3. The Balaban J connectivity index is 0.000000791. The van der Waals surface area contributed by atoms with Gasteiger partial charge in [0.2, 0.25) is 0 Å². The Morgan fingerprint density at radius 3 is 2.14 bits per heavy atom. The molecule has 0 aromatic heterocycles. The van der Waals surface area contributed by atoms with E-state index in [0.717, 1.165) is 0 Å². The first-order valence-corrected chi connectivity index (χ1v) is 4.14. The number of hydrogen-bond donors (Lipinski definition) is 4. The van der Waals surface area contributed by atoms with E-state index in [1.54, 1.807) is 0 Å². The summed E-state index contributed by atoms with van der Waals surface area (Å²) in [5, 5.41) is 17.6. The summed E-state index contributed by atoms with van der Waals surface area (Å²) < 4.78 is 0. The molecule has 5 nitrogen and oxygen atoms in total. The minimum absolute atomic E-state index is 0.102. The number of carboxylic acids is 1. The van der Waals surface area contributed by atoms with Crippen LogP contribution in [0.2, 0.25) is 0 Å². The highest BCUT2D eigenvalue weighted by Crippen LogP contribution is 2.28. The monoisotopic (exact) mass is 198 g/mol. The second-order valence-corrected chi connectivity index (χ2v) is 2.26. The predicted molar refractivity (Wildman–Crippen MR) is 55.2 cm³/mol. The molecule has 5 heteroatoms. The molecule has 1 aromatic rings. The molecule has 78 valence electrons. The van der Waals surface area contributed by atoms with Crippen LogP contribution in [0.25, 0.3) is 0 Å². The zero-order valence-corrected chi connectivity index (χ0v) is 8.11. The number of benzene rings is 1. The average Bonchev–Trinajstić information content (AvgIpc) is 2.17. The van der Waals surface area contributed by atoms with Crippen LogP contribution in [0.1, 0.15) is 24.2 Å². The van der Waals surface area contributed by atoms with Crippen molar-refractivity contribution in [3.8, 4) is 5.75 Å². The van der Waals surface area contributed by atoms with Crippen molar-refractivity contribution in [1.82, 2.24) is 0 Å². The van der Waals surface area contributed by atoms with Crippen LogP contribution in [0.4, 0.5) is 11.4 Å². The molecule has 0 radical (unpaired) electrons. The van der Waals surface area contributed by atoms with Gasteiger partial charge in [-0.2, -0.15) is 0 Å². The molecule has 0 heterocycles. The maximum atomic E-state index is 10.5. The molecule has 0 spiro atoms. The second kappa shape index (κ2) is 4.96. The number of hydrogen-bond acceptors (Lipinski definition) is 4. The first kappa shape index (κ1) is 12.1. The third-order valence-corrected chi connectivity index (χ3v) is 1.49. The topological polar surface area (TPSA) is 110 Å². The van der Waals surface area contributed by atoms with E-state index in [4.69, 9.17) is 21.7 Å². The zero-order valence-electron chi connectivity index (χ0n) is 8.11. The van der Waals surface area contributed by atoms with E-state index < -0.39 is 5.97 Å². The number of aromatic carboxylic acids is 1. The molecule has 0 aliphatic heterocycles. The van der Waals surface area contributed by atoms with E-state index in [1.807, 2.05) is 13.8 Å². The molecule has 0 saturated heterocycles. The lowest BCUT2D eigenvalue weighted by Crippen LogP contribution is -2.05. The molecule has 0 unspecified atom stereocenters. The molecule has 0 aliphatic rings. The van der Waals surface area contributed by atoms with Crippen LogP contribution in [-0.4, -0.2) is 16.2 Å². The molecule has 1 rings (SSSR count). The number of rotatable bonds is 1. The normalized spacial score (nSPS) is 8.71. The first-order chi connectivity index (χ1) is 6.54. The number of phenolic OH excluding ortho intramolecular Hbond substituents is 1. The van der Waals surface area contributed by atoms with Crippen molar-refractivity contribution < 1.29 is 15.0 Å². The summed E-state index contributed by atoms with van der Waals surface area (Å²) in [7, 11) is 0. The van der Waals surface area contributed by atoms with Gasteiger partial charge in [0.1, 0.15) is 5.75 Å². The van der Waals surface area contributed by atoms with Gasteiger partial charge in [0.05, 0.1) is 16.9 Å². The third kappa shape index (κ3) is 2.29. The number of nitrogens with two attached hydrogens (primary N) is 2. The van der Waals surface area contributed by atoms with Gasteiger partial charge >= 0.3 is 5.97 Å². The quantitative estimate of drug-likeness (QED) is 0.401. The van der Waals surface area contributed by atoms with E-state index in [-0.39, 0.29) is 22.7 Å². The fourth-order valence-corrected chi connectivity index (χ4v) is 0.811. The Kier molecular flexibility index (Phi) is 4.28. The highest BCUT2D eigenvalue weighted by Gasteiger charge is 2.11. The van der Waals surface area contributed by atoms with E-state index in [1.165, 1.54) is 12.1 Å². The van der Waals surface area contributed by atoms with Gasteiger partial charge < -0.3 is 21.7 Å². The fourth-order valence-electron chi connectivity index (χ4n) is 0.811. The standard InChI is InChI=1S/C7H8N2O3.C2H6/c8-5-3(7(11)12)1-2-4(10)6(5)9;1-2/h1-2,10H,8-9H2,(H,11,12);1-2H3. The number of carboxylic acid groups (broad SMARTS) is 1. The highest BCUT2D eigenvalue weighted by atomic mass is 16.4. The molecule has 0 aliphatic carbocycles. The van der Waals surface area contributed by atoms with Crippen molar-refractivity contribution >= 4 is 17.3 Å². The smallest absolute Gasteiger partial charge is 0.337 e. The number of phenols is 1. The lowest BCUT2D eigenvalue weighted by molar-refractivity contribution is 0.0698. The number of carbonyl (C=O) groups is 1. The van der Waals surface area contributed by atoms with Crippen molar-refractivity contribution in [2.24, 2.45) is 0 Å². The average molecular weight is 198 g/mol. The van der Waals surface area contributed by atoms with E-state index >= 15 is 0 Å². The van der Waals surface area contributed by atoms with Gasteiger partial charge in [-0.05, 0) is 12.1 Å². The summed E-state index contributed by atoms with van der Waals surface area (Å²) >= 11 is 0. The molecule has 0 bridgehead atoms. The molecule has 0 fully saturated rings. The van der Waals surface area contributed by atoms with E-state index in [2.05, 4.69) is 0 Å². The molecule has 0 amide bonds. The van der Waals surface area contributed by atoms with Crippen molar-refractivity contribution in [1.29, 1.82) is 0 Å². The molecule has 0 saturated carbocycles. The molecule has 6 N–H and O–H groups in total. The van der Waals surface area contributed by atoms with Crippen LogP contribution >= 0.6 is 0 Å². The summed E-state index contributed by atoms with van der Waals surface area (Å²) in [5.41, 5.74) is 10.3. The van der Waals surface area contributed by atoms with Crippen LogP contribution < -0.4 is 11.5 Å². The van der Waals surface area contributed by atoms with Crippen LogP contribution in [0.15, 0.2) is 12.1 Å². The van der Waals surface area contributed by atoms with E-state index in [9.17, 15) is 4.79 Å². The Morgan fingerprint density at radius 1 is 1.21 bits per heavy atom. The van der Waals surface area contributed by atoms with Gasteiger partial charge in [0.15, 0.2) is 0 Å². The van der Waals surface area contributed by atoms with Crippen molar-refractivity contribution in [2.45, 2.75) is 13.8 Å². The maximum Gasteiger partial charge on any atom is 0.337 e. The minimum Gasteiger partial charge on any atom is -0.506 e. The Bertz CT molecular complexity index is 337. The Labute approximate surface area is 82.0 Å². The van der Waals surface area contributed by atoms with Crippen LogP contribution in [0, 0.1) is 0 Å². The largest absolute Gasteiger partial charge is 0.506 e. The third-order valence-electron chi connectivity index (χ3n) is 1.49. The minimum atomic E-state index is -1.17. The van der Waals surface area contributed by atoms with Crippen LogP contribution in [0.5, 0.6) is 5.75 Å². The van der Waals surface area contributed by atoms with Crippen molar-refractivity contribution in [3.63, 3.8) is 0 Å². The fraction of sp³-hybridized carbons (Fsp3) is 0.222. The maximum absolute atomic E-state index is 10.5. The highest BCUT2D eigenvalue weighted by molar-refractivity contribution is 5.97. The van der Waals surface area contributed by atoms with Gasteiger partial charge in [0.25, 0.3) is 0 Å². The summed E-state index contributed by atoms with van der Waals surface area (Å²) in [5.74, 6) is -1.38. The molecule has 1 aromatic carbocycles. The summed E-state index contributed by atoms with van der Waals surface area (Å²) in [6, 6.07) is 2.39. The second-order valence-electron chi connectivity index (χ2n) is 2.26. The van der Waals surface area contributed by atoms with Gasteiger partial charge in [-0.15, -0.1) is 0 Å². The lowest BCUT2D eigenvalue weighted by atomic mass is 10.1. The van der Waals surface area contributed by atoms with Crippen molar-refractivity contribution in [2.75, 3.05) is 11.5 Å². The lowest BCUT2D eigenvalue weighted by Gasteiger charge is -2.05. The Hall–Kier alpha value is -1.91. The summed E-state index contributed by atoms with van der Waals surface area (Å²) in [6.07, 6.45) is 0. The molecular formula is C9H14N2O3. The van der Waals surface area contributed by atoms with Crippen LogP contribution in [0.3, 0.4) is 0 Å². The van der Waals surface area contributed by atoms with Gasteiger partial charge in [-0.25, -0.2) is 4.79 Å². The van der Waals surface area contributed by atoms with Crippen LogP contribution in [-0.2, 0) is 0 Å².